The minimum absolute atomic E-state index is 0.202. The molecule has 0 aliphatic heterocycles. The molecule has 6 nitrogen and oxygen atoms in total. The first-order valence-corrected chi connectivity index (χ1v) is 12.0. The summed E-state index contributed by atoms with van der Waals surface area (Å²) >= 11 is 0. The summed E-state index contributed by atoms with van der Waals surface area (Å²) in [7, 11) is 3.27. The Morgan fingerprint density at radius 3 is 2.11 bits per heavy atom. The van der Waals surface area contributed by atoms with Gasteiger partial charge in [0.05, 0.1) is 20.8 Å². The van der Waals surface area contributed by atoms with Gasteiger partial charge in [0, 0.05) is 19.6 Å². The molecule has 0 radical (unpaired) electrons. The standard InChI is InChI=1S/C30H32N2O4/c1-34-27-15-13-25(19-29(27)35-2)21-32(20-24-11-7-4-8-12-24)22-26-14-16-28(36-26)30(33)31-18-17-23-9-5-3-6-10-23/h3-16,19H,17-18,20-22H2,1-2H3,(H,31,33). The maximum absolute atomic E-state index is 12.6. The van der Waals surface area contributed by atoms with Crippen molar-refractivity contribution in [1.29, 1.82) is 0 Å². The van der Waals surface area contributed by atoms with Crippen LogP contribution in [0, 0.1) is 0 Å². The topological polar surface area (TPSA) is 63.9 Å². The number of carbonyl (C=O) groups is 1. The van der Waals surface area contributed by atoms with E-state index >= 15 is 0 Å². The number of ether oxygens (including phenoxy) is 2. The van der Waals surface area contributed by atoms with E-state index in [1.807, 2.05) is 60.7 Å². The number of methoxy groups -OCH3 is 2. The summed E-state index contributed by atoms with van der Waals surface area (Å²) in [5, 5.41) is 2.95. The summed E-state index contributed by atoms with van der Waals surface area (Å²) in [6.07, 6.45) is 0.774. The first kappa shape index (κ1) is 25.1. The zero-order valence-electron chi connectivity index (χ0n) is 20.8. The minimum Gasteiger partial charge on any atom is -0.493 e. The molecule has 0 aliphatic rings. The van der Waals surface area contributed by atoms with E-state index < -0.39 is 0 Å². The molecule has 36 heavy (non-hydrogen) atoms. The van der Waals surface area contributed by atoms with Crippen LogP contribution in [0.25, 0.3) is 0 Å². The first-order chi connectivity index (χ1) is 17.6. The van der Waals surface area contributed by atoms with Crippen molar-refractivity contribution in [3.8, 4) is 11.5 Å². The molecule has 6 heteroatoms. The second kappa shape index (κ2) is 12.6. The molecule has 1 aromatic heterocycles. The predicted molar refractivity (Wildman–Crippen MR) is 140 cm³/mol. The van der Waals surface area contributed by atoms with Crippen molar-refractivity contribution in [1.82, 2.24) is 10.2 Å². The SMILES string of the molecule is COc1ccc(CN(Cc2ccccc2)Cc2ccc(C(=O)NCCc3ccccc3)o2)cc1OC. The highest BCUT2D eigenvalue weighted by atomic mass is 16.5. The Balaban J connectivity index is 1.42. The molecule has 0 saturated carbocycles. The lowest BCUT2D eigenvalue weighted by Gasteiger charge is -2.22. The third kappa shape index (κ3) is 6.99. The van der Waals surface area contributed by atoms with Gasteiger partial charge in [0.25, 0.3) is 5.91 Å². The van der Waals surface area contributed by atoms with Crippen LogP contribution in [0.3, 0.4) is 0 Å². The Bertz CT molecular complexity index is 1240. The van der Waals surface area contributed by atoms with Gasteiger partial charge in [-0.15, -0.1) is 0 Å². The molecule has 0 atom stereocenters. The van der Waals surface area contributed by atoms with Gasteiger partial charge in [-0.25, -0.2) is 0 Å². The van der Waals surface area contributed by atoms with E-state index in [0.717, 1.165) is 24.3 Å². The van der Waals surface area contributed by atoms with Gasteiger partial charge in [-0.05, 0) is 47.4 Å². The van der Waals surface area contributed by atoms with Crippen molar-refractivity contribution in [2.24, 2.45) is 0 Å². The fourth-order valence-corrected chi connectivity index (χ4v) is 4.10. The zero-order valence-corrected chi connectivity index (χ0v) is 20.8. The molecule has 0 unspecified atom stereocenters. The largest absolute Gasteiger partial charge is 0.493 e. The van der Waals surface area contributed by atoms with E-state index in [1.54, 1.807) is 20.3 Å². The Kier molecular flexibility index (Phi) is 8.78. The molecule has 4 rings (SSSR count). The quantitative estimate of drug-likeness (QED) is 0.289. The number of carbonyl (C=O) groups excluding carboxylic acids is 1. The van der Waals surface area contributed by atoms with Crippen LogP contribution in [0.4, 0.5) is 0 Å². The van der Waals surface area contributed by atoms with E-state index in [9.17, 15) is 4.79 Å². The molecule has 0 aliphatic carbocycles. The molecule has 0 saturated heterocycles. The van der Waals surface area contributed by atoms with Gasteiger partial charge >= 0.3 is 0 Å². The second-order valence-corrected chi connectivity index (χ2v) is 8.58. The average Bonchev–Trinajstić information content (AvgIpc) is 3.38. The molecule has 186 valence electrons. The summed E-state index contributed by atoms with van der Waals surface area (Å²) in [4.78, 5) is 14.9. The number of nitrogens with one attached hydrogen (secondary N) is 1. The molecule has 1 amide bonds. The molecule has 1 N–H and O–H groups in total. The number of furan rings is 1. The lowest BCUT2D eigenvalue weighted by molar-refractivity contribution is 0.0922. The number of hydrogen-bond donors (Lipinski definition) is 1. The van der Waals surface area contributed by atoms with Crippen LogP contribution >= 0.6 is 0 Å². The fraction of sp³-hybridized carbons (Fsp3) is 0.233. The highest BCUT2D eigenvalue weighted by molar-refractivity contribution is 5.91. The Morgan fingerprint density at radius 2 is 1.42 bits per heavy atom. The lowest BCUT2D eigenvalue weighted by Crippen LogP contribution is -2.25. The highest BCUT2D eigenvalue weighted by Crippen LogP contribution is 2.28. The summed E-state index contributed by atoms with van der Waals surface area (Å²) in [6.45, 7) is 2.52. The van der Waals surface area contributed by atoms with Crippen LogP contribution < -0.4 is 14.8 Å². The van der Waals surface area contributed by atoms with E-state index in [1.165, 1.54) is 11.1 Å². The number of hydrogen-bond acceptors (Lipinski definition) is 5. The van der Waals surface area contributed by atoms with Crippen LogP contribution in [0.2, 0.25) is 0 Å². The van der Waals surface area contributed by atoms with E-state index in [2.05, 4.69) is 34.5 Å². The van der Waals surface area contributed by atoms with Crippen molar-refractivity contribution in [3.63, 3.8) is 0 Å². The fourth-order valence-electron chi connectivity index (χ4n) is 4.10. The first-order valence-electron chi connectivity index (χ1n) is 12.0. The molecule has 1 heterocycles. The third-order valence-electron chi connectivity index (χ3n) is 5.91. The molecule has 4 aromatic rings. The number of nitrogens with zero attached hydrogens (tertiary/aromatic N) is 1. The maximum atomic E-state index is 12.6. The number of amides is 1. The molecule has 0 fully saturated rings. The van der Waals surface area contributed by atoms with Crippen molar-refractivity contribution in [2.75, 3.05) is 20.8 Å². The number of benzene rings is 3. The summed E-state index contributed by atoms with van der Waals surface area (Å²) < 4.78 is 16.8. The average molecular weight is 485 g/mol. The van der Waals surface area contributed by atoms with Gasteiger partial charge in [-0.1, -0.05) is 66.7 Å². The molecular formula is C30H32N2O4. The van der Waals surface area contributed by atoms with E-state index in [-0.39, 0.29) is 5.91 Å². The normalized spacial score (nSPS) is 10.9. The van der Waals surface area contributed by atoms with Gasteiger partial charge < -0.3 is 19.2 Å². The van der Waals surface area contributed by atoms with Crippen LogP contribution in [0.5, 0.6) is 11.5 Å². The molecule has 0 bridgehead atoms. The summed E-state index contributed by atoms with van der Waals surface area (Å²) in [5.74, 6) is 2.25. The Morgan fingerprint density at radius 1 is 0.750 bits per heavy atom. The van der Waals surface area contributed by atoms with E-state index in [4.69, 9.17) is 13.9 Å². The number of rotatable bonds is 12. The van der Waals surface area contributed by atoms with Crippen LogP contribution in [-0.4, -0.2) is 31.6 Å². The van der Waals surface area contributed by atoms with Crippen LogP contribution in [0.15, 0.2) is 95.4 Å². The van der Waals surface area contributed by atoms with Gasteiger partial charge in [-0.2, -0.15) is 0 Å². The highest BCUT2D eigenvalue weighted by Gasteiger charge is 2.15. The molecule has 0 spiro atoms. The predicted octanol–water partition coefficient (Wildman–Crippen LogP) is 5.47. The van der Waals surface area contributed by atoms with Crippen molar-refractivity contribution >= 4 is 5.91 Å². The van der Waals surface area contributed by atoms with Gasteiger partial charge in [0.15, 0.2) is 17.3 Å². The summed E-state index contributed by atoms with van der Waals surface area (Å²) in [5.41, 5.74) is 3.47. The Hall–Kier alpha value is -4.03. The van der Waals surface area contributed by atoms with Crippen molar-refractivity contribution < 1.29 is 18.7 Å². The van der Waals surface area contributed by atoms with Gasteiger partial charge in [0.2, 0.25) is 0 Å². The van der Waals surface area contributed by atoms with Gasteiger partial charge in [-0.3, -0.25) is 9.69 Å². The summed E-state index contributed by atoms with van der Waals surface area (Å²) in [6, 6.07) is 29.9. The van der Waals surface area contributed by atoms with Crippen LogP contribution in [-0.2, 0) is 26.1 Å². The molecule has 3 aromatic carbocycles. The maximum Gasteiger partial charge on any atom is 0.287 e. The van der Waals surface area contributed by atoms with Crippen molar-refractivity contribution in [2.45, 2.75) is 26.1 Å². The smallest absolute Gasteiger partial charge is 0.287 e. The van der Waals surface area contributed by atoms with Gasteiger partial charge in [0.1, 0.15) is 5.76 Å². The van der Waals surface area contributed by atoms with Crippen LogP contribution in [0.1, 0.15) is 33.0 Å². The zero-order chi connectivity index (χ0) is 25.2. The lowest BCUT2D eigenvalue weighted by atomic mass is 10.1. The minimum atomic E-state index is -0.202. The second-order valence-electron chi connectivity index (χ2n) is 8.58. The third-order valence-corrected chi connectivity index (χ3v) is 5.91. The molecular weight excluding hydrogens is 452 g/mol. The van der Waals surface area contributed by atoms with E-state index in [0.29, 0.717) is 36.9 Å². The Labute approximate surface area is 212 Å². The van der Waals surface area contributed by atoms with Crippen molar-refractivity contribution in [3.05, 3.63) is 119 Å². The monoisotopic (exact) mass is 484 g/mol.